The van der Waals surface area contributed by atoms with Crippen molar-refractivity contribution in [3.8, 4) is 22.3 Å². The Morgan fingerprint density at radius 2 is 0.313 bits per heavy atom. The maximum absolute atomic E-state index is 2.51. The first kappa shape index (κ1) is 90.3. The van der Waals surface area contributed by atoms with Crippen LogP contribution in [0.25, 0.3) is 195 Å². The number of benzene rings is 28. The normalized spacial score (nSPS) is 11.8. The number of aryl methyl sites for hydroxylation is 10. The Balaban J connectivity index is 0.000000149. The van der Waals surface area contributed by atoms with Gasteiger partial charge in [-0.25, -0.2) is 0 Å². The first-order chi connectivity index (χ1) is 73.4. The van der Waals surface area contributed by atoms with Gasteiger partial charge in [-0.3, -0.25) is 0 Å². The topological polar surface area (TPSA) is 13.0 Å². The monoisotopic (exact) mass is 1920 g/mol. The van der Waals surface area contributed by atoms with Crippen molar-refractivity contribution in [3.63, 3.8) is 0 Å². The molecule has 0 fully saturated rings. The van der Waals surface area contributed by atoms with Crippen molar-refractivity contribution in [2.45, 2.75) is 69.2 Å². The molecule has 28 aromatic rings. The molecule has 0 N–H and O–H groups in total. The molecular formula is C146H108N4. The molecule has 0 spiro atoms. The van der Waals surface area contributed by atoms with E-state index in [-0.39, 0.29) is 0 Å². The van der Waals surface area contributed by atoms with E-state index in [4.69, 9.17) is 0 Å². The summed E-state index contributed by atoms with van der Waals surface area (Å²) in [5, 5.41) is 39.8. The summed E-state index contributed by atoms with van der Waals surface area (Å²) in [4.78, 5) is 9.72. The van der Waals surface area contributed by atoms with Crippen molar-refractivity contribution in [3.05, 3.63) is 529 Å². The van der Waals surface area contributed by atoms with Gasteiger partial charge in [-0.15, -0.1) is 0 Å². The van der Waals surface area contributed by atoms with Crippen LogP contribution in [0, 0.1) is 69.2 Å². The van der Waals surface area contributed by atoms with E-state index < -0.39 is 0 Å². The summed E-state index contributed by atoms with van der Waals surface area (Å²) in [7, 11) is 0. The van der Waals surface area contributed by atoms with Gasteiger partial charge in [0, 0.05) is 68.2 Å². The van der Waals surface area contributed by atoms with E-state index >= 15 is 0 Å². The van der Waals surface area contributed by atoms with Gasteiger partial charge in [-0.2, -0.15) is 0 Å². The second-order valence-corrected chi connectivity index (χ2v) is 41.9. The Morgan fingerprint density at radius 1 is 0.100 bits per heavy atom. The van der Waals surface area contributed by atoms with Gasteiger partial charge in [0.2, 0.25) is 0 Å². The highest BCUT2D eigenvalue weighted by molar-refractivity contribution is 6.36. The molecule has 28 aromatic carbocycles. The summed E-state index contributed by atoms with van der Waals surface area (Å²) in [6, 6.07) is 178. The standard InChI is InChI=1S/C78H56N2.C68H52N2/c1-49-35-50(2)38-65(37-49)79(61-27-23-55-19-11-13-21-57(55)41-61)63-29-33-69-73(45-63)71-43-59(53-15-7-5-8-16-53)25-31-67(71)75-48-78-70-34-30-64(80(66-39-51(3)36-52(4)40-66)62-28-24-56-20-12-14-22-58(56)42-62)46-74(70)72-44-60(54-17-9-6-10-18-54)26-32-68(72)76(78)47-77(69)75;1-41-17-25-57-61(29-41)67-39-66-60-28-24-56(70(52-15-11-8-12-16-52)54-22-20-48-32-44(4)46(6)34-50(48)36-54)38-64(60)58-26-18-42(2)30-62(58)68(66)40-65(67)59-27-23-55(37-63(57)59)69(51-13-9-7-10-14-51)53-21-19-47-31-43(3)45(5)33-49(47)35-53/h5-48H,1-4H3;7-40H,1-6H3. The minimum atomic E-state index is 1.11. The molecular weight excluding hydrogens is 1810 g/mol. The highest BCUT2D eigenvalue weighted by Crippen LogP contribution is 2.53. The highest BCUT2D eigenvalue weighted by atomic mass is 15.2. The maximum Gasteiger partial charge on any atom is 0.0468 e. The number of hydrogen-bond acceptors (Lipinski definition) is 4. The maximum atomic E-state index is 2.51. The minimum Gasteiger partial charge on any atom is -0.310 e. The molecule has 4 nitrogen and oxygen atoms in total. The second kappa shape index (κ2) is 36.3. The van der Waals surface area contributed by atoms with Crippen molar-refractivity contribution in [2.75, 3.05) is 19.6 Å². The number of hydrogen-bond donors (Lipinski definition) is 0. The Labute approximate surface area is 874 Å². The first-order valence-electron chi connectivity index (χ1n) is 52.4. The predicted molar refractivity (Wildman–Crippen MR) is 650 cm³/mol. The average Bonchev–Trinajstić information content (AvgIpc) is 0.711. The molecule has 0 aliphatic carbocycles. The number of anilines is 12. The fourth-order valence-corrected chi connectivity index (χ4v) is 24.4. The molecule has 0 aromatic heterocycles. The third kappa shape index (κ3) is 15.8. The summed E-state index contributed by atoms with van der Waals surface area (Å²) in [5.41, 5.74) is 31.0. The number of para-hydroxylation sites is 2. The van der Waals surface area contributed by atoms with Crippen LogP contribution in [0.2, 0.25) is 0 Å². The zero-order valence-corrected chi connectivity index (χ0v) is 85.8. The van der Waals surface area contributed by atoms with Gasteiger partial charge < -0.3 is 19.6 Å². The lowest BCUT2D eigenvalue weighted by Crippen LogP contribution is -2.10. The number of fused-ring (bicyclic) bond motifs is 28. The smallest absolute Gasteiger partial charge is 0.0468 e. The first-order valence-corrected chi connectivity index (χ1v) is 52.4. The molecule has 0 amide bonds. The van der Waals surface area contributed by atoms with E-state index in [0.717, 1.165) is 68.2 Å². The van der Waals surface area contributed by atoms with Gasteiger partial charge in [0.15, 0.2) is 0 Å². The Morgan fingerprint density at radius 3 is 0.640 bits per heavy atom. The van der Waals surface area contributed by atoms with Crippen molar-refractivity contribution in [1.82, 2.24) is 0 Å². The SMILES string of the molecule is Cc1cc(C)cc(N(c2ccc3ccccc3c2)c2ccc3c(c2)c2cc(-c4ccccc4)ccc2c2cc4c5ccc(N(c6cc(C)cc(C)c6)c6ccc7ccccc7c6)cc5c5cc(-c6ccccc6)ccc5c4cc32)c1.Cc1ccc2c(c1)c1cc3c4ccc(N(c5ccccc5)c5ccc6cc(C)c(C)cc6c5)cc4c4ccc(C)cc4c3cc1c1ccc(N(c3ccccc3)c3ccc4cc(C)c(C)cc4c3)cc21. The largest absolute Gasteiger partial charge is 0.310 e. The lowest BCUT2D eigenvalue weighted by molar-refractivity contribution is 1.26. The van der Waals surface area contributed by atoms with Gasteiger partial charge in [0.25, 0.3) is 0 Å². The number of nitrogens with zero attached hydrogens (tertiary/aromatic N) is 4. The summed E-state index contributed by atoms with van der Waals surface area (Å²) in [5.74, 6) is 0. The van der Waals surface area contributed by atoms with E-state index in [0.29, 0.717) is 0 Å². The average molecular weight is 1920 g/mol. The van der Waals surface area contributed by atoms with Gasteiger partial charge in [0.05, 0.1) is 0 Å². The molecule has 712 valence electrons. The second-order valence-electron chi connectivity index (χ2n) is 41.9. The van der Waals surface area contributed by atoms with E-state index in [2.05, 4.69) is 562 Å². The summed E-state index contributed by atoms with van der Waals surface area (Å²) < 4.78 is 0. The molecule has 0 aliphatic rings. The van der Waals surface area contributed by atoms with Gasteiger partial charge in [-0.1, -0.05) is 302 Å². The van der Waals surface area contributed by atoms with Crippen LogP contribution in [0.15, 0.2) is 473 Å². The lowest BCUT2D eigenvalue weighted by atomic mass is 9.87. The molecule has 0 unspecified atom stereocenters. The van der Waals surface area contributed by atoms with Gasteiger partial charge in [-0.05, 0) is 490 Å². The van der Waals surface area contributed by atoms with Crippen LogP contribution < -0.4 is 19.6 Å². The van der Waals surface area contributed by atoms with Crippen LogP contribution in [-0.2, 0) is 0 Å². The van der Waals surface area contributed by atoms with E-state index in [1.165, 1.54) is 250 Å². The molecule has 0 atom stereocenters. The third-order valence-corrected chi connectivity index (χ3v) is 31.8. The fourth-order valence-electron chi connectivity index (χ4n) is 24.4. The molecule has 0 aliphatic heterocycles. The lowest BCUT2D eigenvalue weighted by Gasteiger charge is -2.27. The van der Waals surface area contributed by atoms with Crippen LogP contribution in [0.1, 0.15) is 55.6 Å². The van der Waals surface area contributed by atoms with Gasteiger partial charge in [0.1, 0.15) is 0 Å². The molecule has 0 heterocycles. The van der Waals surface area contributed by atoms with E-state index in [1.54, 1.807) is 0 Å². The van der Waals surface area contributed by atoms with Crippen LogP contribution in [-0.4, -0.2) is 0 Å². The van der Waals surface area contributed by atoms with Crippen LogP contribution in [0.3, 0.4) is 0 Å². The van der Waals surface area contributed by atoms with Crippen molar-refractivity contribution < 1.29 is 0 Å². The fraction of sp³-hybridized carbons (Fsp3) is 0.0685. The zero-order chi connectivity index (χ0) is 101. The van der Waals surface area contributed by atoms with Gasteiger partial charge >= 0.3 is 0 Å². The molecule has 0 saturated heterocycles. The molecule has 0 bridgehead atoms. The summed E-state index contributed by atoms with van der Waals surface area (Å²) in [6.45, 7) is 22.0. The zero-order valence-electron chi connectivity index (χ0n) is 85.8. The van der Waals surface area contributed by atoms with Crippen LogP contribution in [0.5, 0.6) is 0 Å². The summed E-state index contributed by atoms with van der Waals surface area (Å²) >= 11 is 0. The third-order valence-electron chi connectivity index (χ3n) is 31.8. The molecule has 0 radical (unpaired) electrons. The van der Waals surface area contributed by atoms with Crippen molar-refractivity contribution in [1.29, 1.82) is 0 Å². The van der Waals surface area contributed by atoms with Crippen LogP contribution in [0.4, 0.5) is 68.2 Å². The van der Waals surface area contributed by atoms with Crippen LogP contribution >= 0.6 is 0 Å². The quantitative estimate of drug-likeness (QED) is 0.0795. The van der Waals surface area contributed by atoms with E-state index in [9.17, 15) is 0 Å². The summed E-state index contributed by atoms with van der Waals surface area (Å²) in [6.07, 6.45) is 0. The van der Waals surface area contributed by atoms with Crippen molar-refractivity contribution >= 4 is 241 Å². The Bertz CT molecular complexity index is 9850. The van der Waals surface area contributed by atoms with Crippen molar-refractivity contribution in [2.24, 2.45) is 0 Å². The van der Waals surface area contributed by atoms with E-state index in [1.807, 2.05) is 0 Å². The molecule has 28 rings (SSSR count). The molecule has 150 heavy (non-hydrogen) atoms. The highest BCUT2D eigenvalue weighted by Gasteiger charge is 2.27. The predicted octanol–water partition coefficient (Wildman–Crippen LogP) is 42.1. The number of rotatable bonds is 14. The Kier molecular flexibility index (Phi) is 21.9. The molecule has 4 heteroatoms. The molecule has 0 saturated carbocycles. The Hall–Kier alpha value is -18.5. The minimum absolute atomic E-state index is 1.11.